The maximum Gasteiger partial charge on any atom is 0.416 e. The van der Waals surface area contributed by atoms with Gasteiger partial charge >= 0.3 is 24.4 Å². The fourth-order valence-electron chi connectivity index (χ4n) is 8.14. The number of benzene rings is 2. The van der Waals surface area contributed by atoms with Crippen LogP contribution in [0.4, 0.5) is 47.3 Å². The van der Waals surface area contributed by atoms with Crippen molar-refractivity contribution in [2.24, 2.45) is 11.5 Å². The van der Waals surface area contributed by atoms with E-state index in [0.717, 1.165) is 40.1 Å². The maximum absolute atomic E-state index is 14.1. The van der Waals surface area contributed by atoms with Gasteiger partial charge in [0.1, 0.15) is 11.4 Å². The van der Waals surface area contributed by atoms with Crippen LogP contribution in [-0.4, -0.2) is 95.2 Å². The van der Waals surface area contributed by atoms with E-state index < -0.39 is 65.3 Å². The Morgan fingerprint density at radius 1 is 0.779 bits per heavy atom. The lowest BCUT2D eigenvalue weighted by Gasteiger charge is -2.38. The molecule has 0 bridgehead atoms. The molecular formula is C45H43F6N11O6. The summed E-state index contributed by atoms with van der Waals surface area (Å²) in [5.74, 6) is -2.06. The van der Waals surface area contributed by atoms with Crippen LogP contribution in [0.2, 0.25) is 0 Å². The smallest absolute Gasteiger partial charge is 0.364 e. The van der Waals surface area contributed by atoms with Gasteiger partial charge in [-0.05, 0) is 98.1 Å². The monoisotopic (exact) mass is 947 g/mol. The number of primary amides is 2. The molecule has 5 heterocycles. The van der Waals surface area contributed by atoms with Crippen LogP contribution in [0.3, 0.4) is 0 Å². The van der Waals surface area contributed by atoms with Gasteiger partial charge in [0.05, 0.1) is 58.9 Å². The number of pyridine rings is 2. The topological polar surface area (TPSA) is 229 Å². The molecule has 0 fully saturated rings. The van der Waals surface area contributed by atoms with Crippen molar-refractivity contribution in [3.63, 3.8) is 0 Å². The molecule has 0 saturated heterocycles. The number of halogens is 6. The van der Waals surface area contributed by atoms with Gasteiger partial charge < -0.3 is 37.2 Å². The molecule has 23 heteroatoms. The number of carbonyl (C=O) groups excluding carboxylic acids is 6. The van der Waals surface area contributed by atoms with Crippen LogP contribution < -0.4 is 37.2 Å². The van der Waals surface area contributed by atoms with E-state index in [-0.39, 0.29) is 65.9 Å². The molecule has 3 aliphatic rings. The highest BCUT2D eigenvalue weighted by atomic mass is 19.4. The summed E-state index contributed by atoms with van der Waals surface area (Å²) in [6, 6.07) is 10.6. The fourth-order valence-corrected chi connectivity index (χ4v) is 8.14. The average molecular weight is 948 g/mol. The standard InChI is InChI=1S/C45H43F6N11O6/c1-25-34(61(30-8-2-6-28(18-30)44(46,47)48)42(67)57-37(25)26-10-12-32(39(52)64)55-20-26)22-59(24-63)16-4-14-54-15-5-17-60-23-35-36(41(60)66)38(27-11-13-33(40(53)65)56-21-27)58-43(68)62(35)31-9-3-7-29(19-31)45(49,50)51/h2-3,6-13,18-21,24,37-38,54H,4-5,14-17,22-23H2,1H3,(H2,52,64)(H2,53,65)(H,57,67)(H,58,68)/t37-,38+/m0/s1. The number of carbonyl (C=O) groups is 6. The molecule has 0 aliphatic carbocycles. The van der Waals surface area contributed by atoms with Gasteiger partial charge in [-0.15, -0.1) is 0 Å². The van der Waals surface area contributed by atoms with Gasteiger partial charge in [0, 0.05) is 31.2 Å². The van der Waals surface area contributed by atoms with E-state index in [2.05, 4.69) is 25.9 Å². The molecule has 2 aromatic heterocycles. The summed E-state index contributed by atoms with van der Waals surface area (Å²) in [4.78, 5) is 90.2. The van der Waals surface area contributed by atoms with Gasteiger partial charge in [0.15, 0.2) is 0 Å². The summed E-state index contributed by atoms with van der Waals surface area (Å²) in [6.45, 7) is 2.40. The molecule has 0 radical (unpaired) electrons. The van der Waals surface area contributed by atoms with Crippen molar-refractivity contribution in [3.05, 3.63) is 141 Å². The second kappa shape index (κ2) is 19.6. The molecule has 356 valence electrons. The molecule has 2 atom stereocenters. The third kappa shape index (κ3) is 10.3. The summed E-state index contributed by atoms with van der Waals surface area (Å²) in [6.07, 6.45) is -5.48. The highest BCUT2D eigenvalue weighted by molar-refractivity contribution is 6.07. The minimum absolute atomic E-state index is 0.0262. The lowest BCUT2D eigenvalue weighted by atomic mass is 9.96. The van der Waals surface area contributed by atoms with Crippen molar-refractivity contribution in [2.45, 2.75) is 44.2 Å². The van der Waals surface area contributed by atoms with Crippen LogP contribution in [0.5, 0.6) is 0 Å². The number of urea groups is 2. The third-order valence-electron chi connectivity index (χ3n) is 11.5. The number of aromatic nitrogens is 2. The van der Waals surface area contributed by atoms with Crippen molar-refractivity contribution in [2.75, 3.05) is 49.1 Å². The second-order valence-corrected chi connectivity index (χ2v) is 16.0. The first-order valence-electron chi connectivity index (χ1n) is 21.0. The molecule has 8 amide bonds. The predicted molar refractivity (Wildman–Crippen MR) is 232 cm³/mol. The van der Waals surface area contributed by atoms with E-state index in [1.807, 2.05) is 0 Å². The Hall–Kier alpha value is -7.82. The van der Waals surface area contributed by atoms with Crippen molar-refractivity contribution in [1.29, 1.82) is 0 Å². The molecule has 7 rings (SSSR count). The van der Waals surface area contributed by atoms with E-state index in [1.165, 1.54) is 64.7 Å². The van der Waals surface area contributed by atoms with Gasteiger partial charge in [0.25, 0.3) is 17.7 Å². The molecule has 0 spiro atoms. The molecular weight excluding hydrogens is 905 g/mol. The van der Waals surface area contributed by atoms with Crippen molar-refractivity contribution >= 4 is 47.6 Å². The van der Waals surface area contributed by atoms with E-state index in [0.29, 0.717) is 49.0 Å². The quantitative estimate of drug-likeness (QED) is 0.0535. The Labute approximate surface area is 383 Å². The van der Waals surface area contributed by atoms with Crippen molar-refractivity contribution in [1.82, 2.24) is 35.7 Å². The number of anilines is 2. The minimum Gasteiger partial charge on any atom is -0.364 e. The SMILES string of the molecule is CC1=C(CN(C=O)CCCNCCCN2CC3=C(C2=O)[C@@H](c2ccc(C(N)=O)nc2)NC(=O)N3c2cccc(C(F)(F)F)c2)N(c2cccc(C(F)(F)F)c2)C(=O)N[C@@H]1c1ccc(C(N)=O)nc1. The van der Waals surface area contributed by atoms with Crippen LogP contribution >= 0.6 is 0 Å². The number of amides is 8. The second-order valence-electron chi connectivity index (χ2n) is 16.0. The summed E-state index contributed by atoms with van der Waals surface area (Å²) in [5.41, 5.74) is 10.1. The number of rotatable bonds is 17. The molecule has 3 aliphatic heterocycles. The van der Waals surface area contributed by atoms with Gasteiger partial charge in [-0.1, -0.05) is 24.3 Å². The molecule has 68 heavy (non-hydrogen) atoms. The first kappa shape index (κ1) is 48.1. The molecule has 17 nitrogen and oxygen atoms in total. The number of nitrogens with one attached hydrogen (secondary N) is 3. The molecule has 7 N–H and O–H groups in total. The molecule has 2 aromatic carbocycles. The Balaban J connectivity index is 1.01. The number of hydrogen-bond donors (Lipinski definition) is 5. The van der Waals surface area contributed by atoms with Crippen LogP contribution in [0.1, 0.15) is 75.1 Å². The summed E-state index contributed by atoms with van der Waals surface area (Å²) in [7, 11) is 0. The summed E-state index contributed by atoms with van der Waals surface area (Å²) < 4.78 is 82.5. The normalized spacial score (nSPS) is 17.6. The Morgan fingerprint density at radius 2 is 1.31 bits per heavy atom. The van der Waals surface area contributed by atoms with E-state index in [4.69, 9.17) is 11.5 Å². The number of nitrogens with two attached hydrogens (primary N) is 2. The number of nitrogens with zero attached hydrogens (tertiary/aromatic N) is 6. The van der Waals surface area contributed by atoms with Crippen LogP contribution in [0, 0.1) is 0 Å². The van der Waals surface area contributed by atoms with Crippen molar-refractivity contribution in [3.8, 4) is 0 Å². The van der Waals surface area contributed by atoms with Gasteiger partial charge in [-0.3, -0.25) is 38.9 Å². The van der Waals surface area contributed by atoms with E-state index >= 15 is 0 Å². The van der Waals surface area contributed by atoms with E-state index in [1.54, 1.807) is 6.92 Å². The van der Waals surface area contributed by atoms with Gasteiger partial charge in [-0.2, -0.15) is 26.3 Å². The zero-order chi connectivity index (χ0) is 49.1. The van der Waals surface area contributed by atoms with Crippen molar-refractivity contribution < 1.29 is 55.1 Å². The zero-order valence-corrected chi connectivity index (χ0v) is 36.0. The number of hydrogen-bond acceptors (Lipinski definition) is 9. The summed E-state index contributed by atoms with van der Waals surface area (Å²) >= 11 is 0. The summed E-state index contributed by atoms with van der Waals surface area (Å²) in [5, 5.41) is 8.71. The maximum atomic E-state index is 14.1. The fraction of sp³-hybridized carbons (Fsp3) is 0.289. The van der Waals surface area contributed by atoms with Crippen LogP contribution in [0.25, 0.3) is 0 Å². The molecule has 4 aromatic rings. The highest BCUT2D eigenvalue weighted by Gasteiger charge is 2.45. The van der Waals surface area contributed by atoms with Crippen LogP contribution in [-0.2, 0) is 21.9 Å². The Bertz CT molecular complexity index is 2690. The first-order chi connectivity index (χ1) is 32.3. The highest BCUT2D eigenvalue weighted by Crippen LogP contribution is 2.41. The lowest BCUT2D eigenvalue weighted by molar-refractivity contribution is -0.138. The zero-order valence-electron chi connectivity index (χ0n) is 36.0. The molecule has 0 saturated carbocycles. The Kier molecular flexibility index (Phi) is 13.8. The number of alkyl halides is 6. The van der Waals surface area contributed by atoms with Gasteiger partial charge in [0.2, 0.25) is 6.41 Å². The predicted octanol–water partition coefficient (Wildman–Crippen LogP) is 5.15. The van der Waals surface area contributed by atoms with Gasteiger partial charge in [-0.25, -0.2) is 9.59 Å². The molecule has 0 unspecified atom stereocenters. The first-order valence-corrected chi connectivity index (χ1v) is 21.0. The largest absolute Gasteiger partial charge is 0.416 e. The average Bonchev–Trinajstić information content (AvgIpc) is 3.63. The Morgan fingerprint density at radius 3 is 1.84 bits per heavy atom. The van der Waals surface area contributed by atoms with E-state index in [9.17, 15) is 55.1 Å². The third-order valence-corrected chi connectivity index (χ3v) is 11.5. The van der Waals surface area contributed by atoms with Crippen LogP contribution in [0.15, 0.2) is 108 Å². The minimum atomic E-state index is -4.71. The lowest BCUT2D eigenvalue weighted by Crippen LogP contribution is -2.49.